The lowest BCUT2D eigenvalue weighted by molar-refractivity contribution is 0.133. The molecule has 2 rings (SSSR count). The van der Waals surface area contributed by atoms with E-state index in [-0.39, 0.29) is 11.7 Å². The Morgan fingerprint density at radius 3 is 2.24 bits per heavy atom. The summed E-state index contributed by atoms with van der Waals surface area (Å²) < 4.78 is 12.8. The minimum absolute atomic E-state index is 0.245. The first-order chi connectivity index (χ1) is 10.2. The highest BCUT2D eigenvalue weighted by Crippen LogP contribution is 2.26. The number of rotatable bonds is 2. The van der Waals surface area contributed by atoms with Crippen molar-refractivity contribution in [3.05, 3.63) is 35.6 Å². The predicted octanol–water partition coefficient (Wildman–Crippen LogP) is 2.81. The monoisotopic (exact) mass is 286 g/mol. The Morgan fingerprint density at radius 1 is 0.952 bits per heavy atom. The first-order valence-electron chi connectivity index (χ1n) is 7.29. The highest BCUT2D eigenvalue weighted by Gasteiger charge is 2.19. The van der Waals surface area contributed by atoms with E-state index in [1.807, 2.05) is 0 Å². The van der Waals surface area contributed by atoms with Gasteiger partial charge in [0.05, 0.1) is 0 Å². The fraction of sp³-hybridized carbons (Fsp3) is 0.444. The number of halogens is 1. The van der Waals surface area contributed by atoms with E-state index in [0.717, 1.165) is 25.7 Å². The van der Waals surface area contributed by atoms with Crippen molar-refractivity contribution in [2.75, 3.05) is 0 Å². The summed E-state index contributed by atoms with van der Waals surface area (Å²) in [7, 11) is 0. The topological polar surface area (TPSA) is 40.5 Å². The van der Waals surface area contributed by atoms with Crippen LogP contribution in [0.5, 0.6) is 0 Å². The molecule has 1 fully saturated rings. The Kier molecular flexibility index (Phi) is 5.81. The van der Waals surface area contributed by atoms with Crippen LogP contribution in [-0.4, -0.2) is 16.3 Å². The maximum Gasteiger partial charge on any atom is 0.141 e. The standard InChI is InChI=1S/C18H19FO2/c19-16-12-10-15(11-13-16)18(21)9-5-4-8-17(20)14-6-2-1-3-7-14/h10-14,17-18,20-21H,1-3,6-7H2. The van der Waals surface area contributed by atoms with Gasteiger partial charge in [-0.05, 0) is 48.3 Å². The Labute approximate surface area is 125 Å². The van der Waals surface area contributed by atoms with Gasteiger partial charge in [-0.25, -0.2) is 4.39 Å². The summed E-state index contributed by atoms with van der Waals surface area (Å²) >= 11 is 0. The average Bonchev–Trinajstić information content (AvgIpc) is 2.52. The van der Waals surface area contributed by atoms with Crippen LogP contribution in [0.2, 0.25) is 0 Å². The van der Waals surface area contributed by atoms with E-state index in [9.17, 15) is 14.6 Å². The van der Waals surface area contributed by atoms with E-state index in [1.54, 1.807) is 0 Å². The molecule has 1 saturated carbocycles. The summed E-state index contributed by atoms with van der Waals surface area (Å²) in [4.78, 5) is 0. The second-order valence-electron chi connectivity index (χ2n) is 5.34. The molecule has 0 radical (unpaired) electrons. The van der Waals surface area contributed by atoms with Gasteiger partial charge in [0.1, 0.15) is 18.0 Å². The zero-order valence-corrected chi connectivity index (χ0v) is 11.8. The predicted molar refractivity (Wildman–Crippen MR) is 79.5 cm³/mol. The quantitative estimate of drug-likeness (QED) is 0.821. The number of hydrogen-bond acceptors (Lipinski definition) is 2. The molecule has 110 valence electrons. The number of aliphatic hydroxyl groups is 2. The van der Waals surface area contributed by atoms with Crippen molar-refractivity contribution in [3.8, 4) is 23.7 Å². The SMILES string of the molecule is OC(C#CC#CC(O)C1CCCCC1)c1ccc(F)cc1. The van der Waals surface area contributed by atoms with Crippen molar-refractivity contribution in [2.24, 2.45) is 5.92 Å². The van der Waals surface area contributed by atoms with E-state index in [0.29, 0.717) is 5.56 Å². The summed E-state index contributed by atoms with van der Waals surface area (Å²) in [6.07, 6.45) is 3.94. The van der Waals surface area contributed by atoms with Gasteiger partial charge in [0.15, 0.2) is 0 Å². The van der Waals surface area contributed by atoms with Crippen molar-refractivity contribution in [3.63, 3.8) is 0 Å². The van der Waals surface area contributed by atoms with E-state index in [4.69, 9.17) is 0 Å². The van der Waals surface area contributed by atoms with Crippen LogP contribution in [0.25, 0.3) is 0 Å². The molecule has 1 aliphatic carbocycles. The maximum atomic E-state index is 12.8. The third-order valence-corrected chi connectivity index (χ3v) is 3.77. The summed E-state index contributed by atoms with van der Waals surface area (Å²) in [6.45, 7) is 0. The number of benzene rings is 1. The van der Waals surface area contributed by atoms with E-state index >= 15 is 0 Å². The molecular formula is C18H19FO2. The highest BCUT2D eigenvalue weighted by atomic mass is 19.1. The van der Waals surface area contributed by atoms with Crippen LogP contribution in [0.4, 0.5) is 4.39 Å². The third kappa shape index (κ3) is 4.90. The highest BCUT2D eigenvalue weighted by molar-refractivity contribution is 5.32. The van der Waals surface area contributed by atoms with Crippen molar-refractivity contribution in [2.45, 2.75) is 44.3 Å². The lowest BCUT2D eigenvalue weighted by Crippen LogP contribution is -2.20. The lowest BCUT2D eigenvalue weighted by atomic mass is 9.85. The van der Waals surface area contributed by atoms with Gasteiger partial charge >= 0.3 is 0 Å². The van der Waals surface area contributed by atoms with Gasteiger partial charge in [-0.3, -0.25) is 0 Å². The first-order valence-corrected chi connectivity index (χ1v) is 7.29. The van der Waals surface area contributed by atoms with E-state index in [2.05, 4.69) is 23.7 Å². The van der Waals surface area contributed by atoms with Gasteiger partial charge in [0.2, 0.25) is 0 Å². The van der Waals surface area contributed by atoms with Crippen LogP contribution in [0.3, 0.4) is 0 Å². The molecular weight excluding hydrogens is 267 g/mol. The summed E-state index contributed by atoms with van der Waals surface area (Å²) in [5.74, 6) is 10.3. The molecule has 0 aliphatic heterocycles. The Balaban J connectivity index is 1.90. The van der Waals surface area contributed by atoms with Crippen LogP contribution >= 0.6 is 0 Å². The molecule has 1 aliphatic rings. The van der Waals surface area contributed by atoms with Crippen molar-refractivity contribution in [1.29, 1.82) is 0 Å². The molecule has 1 aromatic carbocycles. The molecule has 0 heterocycles. The number of aliphatic hydroxyl groups excluding tert-OH is 2. The summed E-state index contributed by atoms with van der Waals surface area (Å²) in [5.41, 5.74) is 0.526. The maximum absolute atomic E-state index is 12.8. The van der Waals surface area contributed by atoms with Crippen LogP contribution in [-0.2, 0) is 0 Å². The average molecular weight is 286 g/mol. The molecule has 3 heteroatoms. The van der Waals surface area contributed by atoms with Gasteiger partial charge in [-0.1, -0.05) is 43.2 Å². The van der Waals surface area contributed by atoms with Gasteiger partial charge in [-0.15, -0.1) is 0 Å². The molecule has 0 saturated heterocycles. The molecule has 0 bridgehead atoms. The molecule has 21 heavy (non-hydrogen) atoms. The molecule has 0 amide bonds. The van der Waals surface area contributed by atoms with Gasteiger partial charge in [0, 0.05) is 0 Å². The van der Waals surface area contributed by atoms with Gasteiger partial charge in [0.25, 0.3) is 0 Å². The fourth-order valence-corrected chi connectivity index (χ4v) is 2.51. The van der Waals surface area contributed by atoms with Crippen molar-refractivity contribution < 1.29 is 14.6 Å². The molecule has 1 aromatic rings. The minimum atomic E-state index is -0.994. The molecule has 2 N–H and O–H groups in total. The van der Waals surface area contributed by atoms with Crippen LogP contribution in [0.1, 0.15) is 43.8 Å². The molecule has 2 atom stereocenters. The Morgan fingerprint density at radius 2 is 1.57 bits per heavy atom. The molecule has 2 nitrogen and oxygen atoms in total. The zero-order chi connectivity index (χ0) is 15.1. The summed E-state index contributed by atoms with van der Waals surface area (Å²) in [5, 5.41) is 19.7. The first kappa shape index (κ1) is 15.6. The lowest BCUT2D eigenvalue weighted by Gasteiger charge is -2.22. The van der Waals surface area contributed by atoms with Crippen LogP contribution < -0.4 is 0 Å². The van der Waals surface area contributed by atoms with Crippen molar-refractivity contribution >= 4 is 0 Å². The smallest absolute Gasteiger partial charge is 0.141 e. The Hall–Kier alpha value is -1.81. The fourth-order valence-electron chi connectivity index (χ4n) is 2.51. The summed E-state index contributed by atoms with van der Waals surface area (Å²) in [6, 6.07) is 5.52. The van der Waals surface area contributed by atoms with Gasteiger partial charge < -0.3 is 10.2 Å². The van der Waals surface area contributed by atoms with Crippen LogP contribution in [0, 0.1) is 35.4 Å². The number of hydrogen-bond donors (Lipinski definition) is 2. The molecule has 2 unspecified atom stereocenters. The second-order valence-corrected chi connectivity index (χ2v) is 5.34. The van der Waals surface area contributed by atoms with Crippen molar-refractivity contribution in [1.82, 2.24) is 0 Å². The van der Waals surface area contributed by atoms with E-state index < -0.39 is 12.2 Å². The van der Waals surface area contributed by atoms with E-state index in [1.165, 1.54) is 30.7 Å². The third-order valence-electron chi connectivity index (χ3n) is 3.77. The largest absolute Gasteiger partial charge is 0.380 e. The zero-order valence-electron chi connectivity index (χ0n) is 11.8. The molecule has 0 aromatic heterocycles. The molecule has 0 spiro atoms. The van der Waals surface area contributed by atoms with Gasteiger partial charge in [-0.2, -0.15) is 0 Å². The second kappa shape index (κ2) is 7.84. The normalized spacial score (nSPS) is 17.9. The Bertz CT molecular complexity index is 565. The minimum Gasteiger partial charge on any atom is -0.380 e. The van der Waals surface area contributed by atoms with Crippen LogP contribution in [0.15, 0.2) is 24.3 Å².